The smallest absolute Gasteiger partial charge is 0.358 e. The Morgan fingerprint density at radius 3 is 2.67 bits per heavy atom. The lowest BCUT2D eigenvalue weighted by molar-refractivity contribution is 0.0690. The van der Waals surface area contributed by atoms with Gasteiger partial charge in [-0.1, -0.05) is 26.0 Å². The van der Waals surface area contributed by atoms with Crippen LogP contribution in [0.4, 0.5) is 5.13 Å². The normalized spacial score (nSPS) is 16.0. The maximum atomic E-state index is 10.8. The summed E-state index contributed by atoms with van der Waals surface area (Å²) < 4.78 is 5.99. The third-order valence-corrected chi connectivity index (χ3v) is 4.10. The van der Waals surface area contributed by atoms with Crippen molar-refractivity contribution in [3.63, 3.8) is 0 Å². The van der Waals surface area contributed by atoms with Gasteiger partial charge in [-0.25, -0.2) is 14.5 Å². The zero-order valence-corrected chi connectivity index (χ0v) is 12.8. The second kappa shape index (κ2) is 4.76. The molecular weight excluding hydrogens is 292 g/mol. The Morgan fingerprint density at radius 1 is 1.43 bits per heavy atom. The van der Waals surface area contributed by atoms with Crippen molar-refractivity contribution in [2.75, 3.05) is 18.0 Å². The standard InChI is InChI=1S/C12H16N6O2S/c1-12(2,3)10-13-11(21-15-10)17-4-7(5-17)18-6-8(9(19)20)14-16-18/h6-7H,4-5H2,1-3H3,(H,19,20). The van der Waals surface area contributed by atoms with Crippen molar-refractivity contribution in [2.45, 2.75) is 32.2 Å². The zero-order chi connectivity index (χ0) is 15.2. The molecule has 2 aromatic rings. The molecule has 21 heavy (non-hydrogen) atoms. The van der Waals surface area contributed by atoms with Crippen LogP contribution in [0.25, 0.3) is 0 Å². The molecule has 3 rings (SSSR count). The van der Waals surface area contributed by atoms with Gasteiger partial charge in [-0.2, -0.15) is 4.37 Å². The Labute approximate surface area is 125 Å². The topological polar surface area (TPSA) is 97.0 Å². The van der Waals surface area contributed by atoms with Crippen molar-refractivity contribution in [2.24, 2.45) is 0 Å². The third kappa shape index (κ3) is 2.60. The summed E-state index contributed by atoms with van der Waals surface area (Å²) in [5, 5.41) is 17.2. The zero-order valence-electron chi connectivity index (χ0n) is 12.0. The largest absolute Gasteiger partial charge is 0.476 e. The number of hydrogen-bond acceptors (Lipinski definition) is 7. The van der Waals surface area contributed by atoms with Crippen molar-refractivity contribution in [3.8, 4) is 0 Å². The van der Waals surface area contributed by atoms with Crippen LogP contribution in [-0.2, 0) is 5.41 Å². The van der Waals surface area contributed by atoms with Crippen molar-refractivity contribution < 1.29 is 9.90 Å². The minimum absolute atomic E-state index is 0.0283. The summed E-state index contributed by atoms with van der Waals surface area (Å²) in [5.41, 5.74) is -0.0826. The average molecular weight is 308 g/mol. The van der Waals surface area contributed by atoms with Crippen LogP contribution in [-0.4, -0.2) is 48.5 Å². The van der Waals surface area contributed by atoms with E-state index >= 15 is 0 Å². The fourth-order valence-electron chi connectivity index (χ4n) is 1.98. The lowest BCUT2D eigenvalue weighted by Crippen LogP contribution is -2.48. The van der Waals surface area contributed by atoms with Crippen molar-refractivity contribution in [3.05, 3.63) is 17.7 Å². The fraction of sp³-hybridized carbons (Fsp3) is 0.583. The second-order valence-electron chi connectivity index (χ2n) is 6.10. The predicted molar refractivity (Wildman–Crippen MR) is 76.8 cm³/mol. The molecule has 0 aliphatic carbocycles. The summed E-state index contributed by atoms with van der Waals surface area (Å²) in [6, 6.07) is 0.132. The molecule has 9 heteroatoms. The first-order valence-electron chi connectivity index (χ1n) is 6.59. The van der Waals surface area contributed by atoms with E-state index in [1.54, 1.807) is 4.68 Å². The van der Waals surface area contributed by atoms with E-state index in [1.165, 1.54) is 17.7 Å². The van der Waals surface area contributed by atoms with Gasteiger partial charge in [0.25, 0.3) is 0 Å². The van der Waals surface area contributed by atoms with E-state index in [9.17, 15) is 4.79 Å². The molecule has 0 unspecified atom stereocenters. The molecule has 8 nitrogen and oxygen atoms in total. The monoisotopic (exact) mass is 308 g/mol. The summed E-state index contributed by atoms with van der Waals surface area (Å²) in [6.45, 7) is 7.73. The van der Waals surface area contributed by atoms with Gasteiger partial charge in [0, 0.05) is 30.0 Å². The molecule has 1 N–H and O–H groups in total. The van der Waals surface area contributed by atoms with Gasteiger partial charge in [0.15, 0.2) is 5.69 Å². The minimum atomic E-state index is -1.06. The summed E-state index contributed by atoms with van der Waals surface area (Å²) >= 11 is 1.39. The SMILES string of the molecule is CC(C)(C)c1nsc(N2CC(n3cc(C(=O)O)nn3)C2)n1. The minimum Gasteiger partial charge on any atom is -0.476 e. The Bertz CT molecular complexity index is 667. The number of hydrogen-bond donors (Lipinski definition) is 1. The maximum Gasteiger partial charge on any atom is 0.358 e. The molecule has 2 aromatic heterocycles. The van der Waals surface area contributed by atoms with E-state index in [4.69, 9.17) is 5.11 Å². The lowest BCUT2D eigenvalue weighted by atomic mass is 9.96. The Balaban J connectivity index is 1.65. The fourth-order valence-corrected chi connectivity index (χ4v) is 2.86. The number of rotatable bonds is 3. The van der Waals surface area contributed by atoms with E-state index in [2.05, 4.69) is 45.3 Å². The lowest BCUT2D eigenvalue weighted by Gasteiger charge is -2.38. The molecule has 0 aromatic carbocycles. The van der Waals surface area contributed by atoms with Crippen LogP contribution in [0.5, 0.6) is 0 Å². The predicted octanol–water partition coefficient (Wildman–Crippen LogP) is 1.19. The molecule has 0 saturated carbocycles. The number of aromatic nitrogens is 5. The second-order valence-corrected chi connectivity index (χ2v) is 6.83. The van der Waals surface area contributed by atoms with E-state index < -0.39 is 5.97 Å². The molecule has 1 aliphatic heterocycles. The van der Waals surface area contributed by atoms with Crippen LogP contribution in [0.2, 0.25) is 0 Å². The molecule has 0 atom stereocenters. The summed E-state index contributed by atoms with van der Waals surface area (Å²) in [5.74, 6) is -0.212. The van der Waals surface area contributed by atoms with Crippen LogP contribution in [0.15, 0.2) is 6.20 Å². The van der Waals surface area contributed by atoms with Crippen LogP contribution in [0.1, 0.15) is 43.1 Å². The van der Waals surface area contributed by atoms with Crippen LogP contribution in [0.3, 0.4) is 0 Å². The van der Waals surface area contributed by atoms with Crippen LogP contribution < -0.4 is 4.90 Å². The van der Waals surface area contributed by atoms with Gasteiger partial charge in [-0.05, 0) is 0 Å². The highest BCUT2D eigenvalue weighted by Gasteiger charge is 2.33. The summed E-state index contributed by atoms with van der Waals surface area (Å²) in [6.07, 6.45) is 1.46. The Kier molecular flexibility index (Phi) is 3.16. The Morgan fingerprint density at radius 2 is 2.14 bits per heavy atom. The van der Waals surface area contributed by atoms with Crippen molar-refractivity contribution in [1.29, 1.82) is 0 Å². The molecule has 0 bridgehead atoms. The van der Waals surface area contributed by atoms with Gasteiger partial charge in [0.2, 0.25) is 5.13 Å². The van der Waals surface area contributed by atoms with Crippen molar-refractivity contribution >= 4 is 22.6 Å². The van der Waals surface area contributed by atoms with E-state index in [0.717, 1.165) is 24.0 Å². The number of aromatic carboxylic acids is 1. The molecular formula is C12H16N6O2S. The first kappa shape index (κ1) is 13.9. The van der Waals surface area contributed by atoms with Crippen LogP contribution >= 0.6 is 11.5 Å². The molecule has 112 valence electrons. The highest BCUT2D eigenvalue weighted by atomic mass is 32.1. The first-order chi connectivity index (χ1) is 9.84. The molecule has 0 amide bonds. The van der Waals surface area contributed by atoms with Crippen LogP contribution in [0, 0.1) is 0 Å². The van der Waals surface area contributed by atoms with E-state index in [0.29, 0.717) is 0 Å². The first-order valence-corrected chi connectivity index (χ1v) is 7.36. The number of carboxylic acid groups (broad SMARTS) is 1. The highest BCUT2D eigenvalue weighted by Crippen LogP contribution is 2.31. The van der Waals surface area contributed by atoms with Crippen molar-refractivity contribution in [1.82, 2.24) is 24.4 Å². The Hall–Kier alpha value is -2.03. The molecule has 3 heterocycles. The van der Waals surface area contributed by atoms with Gasteiger partial charge in [-0.15, -0.1) is 5.10 Å². The molecule has 1 aliphatic rings. The molecule has 1 fully saturated rings. The molecule has 0 radical (unpaired) electrons. The number of anilines is 1. The van der Waals surface area contributed by atoms with Gasteiger partial charge >= 0.3 is 5.97 Å². The van der Waals surface area contributed by atoms with Gasteiger partial charge in [-0.3, -0.25) is 0 Å². The van der Waals surface area contributed by atoms with Gasteiger partial charge < -0.3 is 10.0 Å². The van der Waals surface area contributed by atoms with E-state index in [-0.39, 0.29) is 17.2 Å². The molecule has 1 saturated heterocycles. The highest BCUT2D eigenvalue weighted by molar-refractivity contribution is 7.09. The third-order valence-electron chi connectivity index (χ3n) is 3.32. The average Bonchev–Trinajstić information content (AvgIpc) is 2.94. The van der Waals surface area contributed by atoms with Gasteiger partial charge in [0.05, 0.1) is 12.2 Å². The van der Waals surface area contributed by atoms with Gasteiger partial charge in [0.1, 0.15) is 5.82 Å². The number of nitrogens with zero attached hydrogens (tertiary/aromatic N) is 6. The summed E-state index contributed by atoms with van der Waals surface area (Å²) in [4.78, 5) is 17.5. The quantitative estimate of drug-likeness (QED) is 0.909. The summed E-state index contributed by atoms with van der Waals surface area (Å²) in [7, 11) is 0. The number of carboxylic acids is 1. The van der Waals surface area contributed by atoms with E-state index in [1.807, 2.05) is 0 Å². The maximum absolute atomic E-state index is 10.8. The number of carbonyl (C=O) groups is 1. The molecule has 0 spiro atoms.